The summed E-state index contributed by atoms with van der Waals surface area (Å²) in [5.74, 6) is 0.781. The molecule has 6 nitrogen and oxygen atoms in total. The summed E-state index contributed by atoms with van der Waals surface area (Å²) in [5.41, 5.74) is 1.78. The van der Waals surface area contributed by atoms with Crippen LogP contribution in [0.3, 0.4) is 0 Å². The van der Waals surface area contributed by atoms with Gasteiger partial charge in [-0.05, 0) is 48.7 Å². The highest BCUT2D eigenvalue weighted by atomic mass is 19.1. The second kappa shape index (κ2) is 7.26. The molecule has 1 aromatic carbocycles. The number of rotatable bonds is 4. The number of hydrogen-bond donors (Lipinski definition) is 0. The van der Waals surface area contributed by atoms with Gasteiger partial charge < -0.3 is 9.47 Å². The number of likely N-dealkylation sites (N-methyl/N-ethyl adjacent to an activating group) is 1. The van der Waals surface area contributed by atoms with E-state index in [1.54, 1.807) is 36.5 Å². The molecule has 0 radical (unpaired) electrons. The lowest BCUT2D eigenvalue weighted by atomic mass is 9.97. The Kier molecular flexibility index (Phi) is 4.66. The molecule has 3 aromatic rings. The minimum Gasteiger partial charge on any atom is -0.341 e. The van der Waals surface area contributed by atoms with E-state index in [9.17, 15) is 9.18 Å². The van der Waals surface area contributed by atoms with Crippen molar-refractivity contribution in [3.63, 3.8) is 0 Å². The third-order valence-corrected chi connectivity index (χ3v) is 4.88. The molecule has 0 N–H and O–H groups in total. The van der Waals surface area contributed by atoms with Gasteiger partial charge in [-0.3, -0.25) is 9.78 Å². The zero-order chi connectivity index (χ0) is 18.8. The SMILES string of the molecule is CN(Cc1cccnc1)C(=O)C1CCCn2c(-c3ccc(F)cc3)nnc21. The first kappa shape index (κ1) is 17.3. The zero-order valence-electron chi connectivity index (χ0n) is 15.0. The summed E-state index contributed by atoms with van der Waals surface area (Å²) in [6.45, 7) is 1.26. The summed E-state index contributed by atoms with van der Waals surface area (Å²) in [6, 6.07) is 10.0. The van der Waals surface area contributed by atoms with Crippen LogP contribution in [0.4, 0.5) is 4.39 Å². The number of carbonyl (C=O) groups is 1. The van der Waals surface area contributed by atoms with Crippen molar-refractivity contribution in [2.75, 3.05) is 7.05 Å². The van der Waals surface area contributed by atoms with E-state index < -0.39 is 0 Å². The third kappa shape index (κ3) is 3.45. The monoisotopic (exact) mass is 365 g/mol. The largest absolute Gasteiger partial charge is 0.341 e. The number of fused-ring (bicyclic) bond motifs is 1. The summed E-state index contributed by atoms with van der Waals surface area (Å²) in [4.78, 5) is 18.8. The molecule has 1 aliphatic heterocycles. The second-order valence-corrected chi connectivity index (χ2v) is 6.79. The number of amides is 1. The maximum Gasteiger partial charge on any atom is 0.233 e. The van der Waals surface area contributed by atoms with Gasteiger partial charge >= 0.3 is 0 Å². The van der Waals surface area contributed by atoms with Crippen molar-refractivity contribution in [3.05, 3.63) is 66.0 Å². The van der Waals surface area contributed by atoms with Crippen LogP contribution in [0.5, 0.6) is 0 Å². The van der Waals surface area contributed by atoms with Gasteiger partial charge in [0.2, 0.25) is 5.91 Å². The number of pyridine rings is 1. The second-order valence-electron chi connectivity index (χ2n) is 6.79. The van der Waals surface area contributed by atoms with E-state index >= 15 is 0 Å². The molecule has 0 fully saturated rings. The zero-order valence-corrected chi connectivity index (χ0v) is 15.0. The molecule has 1 unspecified atom stereocenters. The predicted octanol–water partition coefficient (Wildman–Crippen LogP) is 3.02. The van der Waals surface area contributed by atoms with Gasteiger partial charge in [-0.25, -0.2) is 4.39 Å². The van der Waals surface area contributed by atoms with E-state index in [-0.39, 0.29) is 17.6 Å². The summed E-state index contributed by atoms with van der Waals surface area (Å²) in [6.07, 6.45) is 5.10. The lowest BCUT2D eigenvalue weighted by molar-refractivity contribution is -0.132. The van der Waals surface area contributed by atoms with Crippen LogP contribution in [0.25, 0.3) is 11.4 Å². The van der Waals surface area contributed by atoms with Gasteiger partial charge in [0.25, 0.3) is 0 Å². The Morgan fingerprint density at radius 2 is 2.07 bits per heavy atom. The summed E-state index contributed by atoms with van der Waals surface area (Å²) in [7, 11) is 1.80. The van der Waals surface area contributed by atoms with Crippen LogP contribution < -0.4 is 0 Å². The van der Waals surface area contributed by atoms with Crippen molar-refractivity contribution in [1.29, 1.82) is 0 Å². The first-order valence-electron chi connectivity index (χ1n) is 8.96. The van der Waals surface area contributed by atoms with Gasteiger partial charge in [-0.1, -0.05) is 6.07 Å². The van der Waals surface area contributed by atoms with Crippen LogP contribution in [-0.4, -0.2) is 37.6 Å². The number of benzene rings is 1. The summed E-state index contributed by atoms with van der Waals surface area (Å²) in [5, 5.41) is 8.59. The molecule has 0 saturated carbocycles. The number of halogens is 1. The van der Waals surface area contributed by atoms with Crippen LogP contribution in [0.15, 0.2) is 48.8 Å². The fraction of sp³-hybridized carbons (Fsp3) is 0.300. The normalized spacial score (nSPS) is 16.0. The van der Waals surface area contributed by atoms with Crippen LogP contribution in [0.2, 0.25) is 0 Å². The van der Waals surface area contributed by atoms with E-state index in [4.69, 9.17) is 0 Å². The van der Waals surface area contributed by atoms with Crippen molar-refractivity contribution in [1.82, 2.24) is 24.6 Å². The van der Waals surface area contributed by atoms with Gasteiger partial charge in [-0.15, -0.1) is 10.2 Å². The first-order valence-corrected chi connectivity index (χ1v) is 8.96. The fourth-order valence-corrected chi connectivity index (χ4v) is 3.53. The highest BCUT2D eigenvalue weighted by Crippen LogP contribution is 2.31. The van der Waals surface area contributed by atoms with E-state index in [2.05, 4.69) is 15.2 Å². The molecule has 0 saturated heterocycles. The Hall–Kier alpha value is -3.09. The van der Waals surface area contributed by atoms with Crippen molar-refractivity contribution in [2.24, 2.45) is 0 Å². The number of aromatic nitrogens is 4. The van der Waals surface area contributed by atoms with E-state index in [1.807, 2.05) is 16.7 Å². The summed E-state index contributed by atoms with van der Waals surface area (Å²) >= 11 is 0. The van der Waals surface area contributed by atoms with Crippen molar-refractivity contribution in [2.45, 2.75) is 31.8 Å². The fourth-order valence-electron chi connectivity index (χ4n) is 3.53. The molecule has 7 heteroatoms. The van der Waals surface area contributed by atoms with Crippen LogP contribution >= 0.6 is 0 Å². The predicted molar refractivity (Wildman–Crippen MR) is 98.1 cm³/mol. The minimum atomic E-state index is -0.317. The molecule has 4 rings (SSSR count). The molecule has 138 valence electrons. The first-order chi connectivity index (χ1) is 13.1. The number of nitrogens with zero attached hydrogens (tertiary/aromatic N) is 5. The average Bonchev–Trinajstić information content (AvgIpc) is 3.13. The van der Waals surface area contributed by atoms with E-state index in [0.717, 1.165) is 30.5 Å². The molecule has 1 atom stereocenters. The van der Waals surface area contributed by atoms with Gasteiger partial charge in [0.1, 0.15) is 11.6 Å². The van der Waals surface area contributed by atoms with Crippen LogP contribution in [0.1, 0.15) is 30.1 Å². The maximum atomic E-state index is 13.2. The highest BCUT2D eigenvalue weighted by molar-refractivity contribution is 5.83. The van der Waals surface area contributed by atoms with Gasteiger partial charge in [0.05, 0.1) is 5.92 Å². The Balaban J connectivity index is 1.58. The third-order valence-electron chi connectivity index (χ3n) is 4.88. The van der Waals surface area contributed by atoms with E-state index in [1.165, 1.54) is 12.1 Å². The van der Waals surface area contributed by atoms with Crippen LogP contribution in [-0.2, 0) is 17.9 Å². The summed E-state index contributed by atoms with van der Waals surface area (Å²) < 4.78 is 15.2. The van der Waals surface area contributed by atoms with E-state index in [0.29, 0.717) is 18.2 Å². The van der Waals surface area contributed by atoms with Gasteiger partial charge in [0, 0.05) is 38.1 Å². The molecule has 1 amide bonds. The number of carbonyl (C=O) groups excluding carboxylic acids is 1. The molecular formula is C20H20FN5O. The maximum absolute atomic E-state index is 13.2. The van der Waals surface area contributed by atoms with Crippen molar-refractivity contribution >= 4 is 5.91 Å². The number of hydrogen-bond acceptors (Lipinski definition) is 4. The van der Waals surface area contributed by atoms with Gasteiger partial charge in [-0.2, -0.15) is 0 Å². The molecule has 0 spiro atoms. The smallest absolute Gasteiger partial charge is 0.233 e. The molecule has 0 aliphatic carbocycles. The quantitative estimate of drug-likeness (QED) is 0.713. The Bertz CT molecular complexity index is 939. The van der Waals surface area contributed by atoms with Crippen LogP contribution in [0, 0.1) is 5.82 Å². The molecule has 3 heterocycles. The lowest BCUT2D eigenvalue weighted by Crippen LogP contribution is -2.34. The minimum absolute atomic E-state index is 0.0258. The van der Waals surface area contributed by atoms with Crippen molar-refractivity contribution in [3.8, 4) is 11.4 Å². The van der Waals surface area contributed by atoms with Crippen molar-refractivity contribution < 1.29 is 9.18 Å². The highest BCUT2D eigenvalue weighted by Gasteiger charge is 2.32. The molecular weight excluding hydrogens is 345 g/mol. The van der Waals surface area contributed by atoms with Gasteiger partial charge in [0.15, 0.2) is 5.82 Å². The lowest BCUT2D eigenvalue weighted by Gasteiger charge is -2.27. The Morgan fingerprint density at radius 3 is 2.81 bits per heavy atom. The topological polar surface area (TPSA) is 63.9 Å². The average molecular weight is 365 g/mol. The molecule has 0 bridgehead atoms. The standard InChI is InChI=1S/C20H20FN5O/c1-25(13-14-4-2-10-22-12-14)20(27)17-5-3-11-26-18(23-24-19(17)26)15-6-8-16(21)9-7-15/h2,4,6-10,12,17H,3,5,11,13H2,1H3. The molecule has 1 aliphatic rings. The molecule has 2 aromatic heterocycles. The Labute approximate surface area is 156 Å². The molecule has 27 heavy (non-hydrogen) atoms. The Morgan fingerprint density at radius 1 is 1.26 bits per heavy atom.